The van der Waals surface area contributed by atoms with Crippen molar-refractivity contribution in [3.63, 3.8) is 0 Å². The Kier molecular flexibility index (Phi) is 16.6. The molecule has 5 amide bonds. The van der Waals surface area contributed by atoms with Gasteiger partial charge in [0, 0.05) is 38.8 Å². The van der Waals surface area contributed by atoms with Crippen LogP contribution in [0.4, 0.5) is 4.79 Å². The molecule has 39 heavy (non-hydrogen) atoms. The molecule has 0 radical (unpaired) electrons. The minimum absolute atomic E-state index is 0.00615. The van der Waals surface area contributed by atoms with Crippen LogP contribution in [0.1, 0.15) is 58.3 Å². The number of carbonyl (C=O) groups excluding carboxylic acids is 4. The van der Waals surface area contributed by atoms with Crippen molar-refractivity contribution >= 4 is 47.6 Å². The molecule has 0 aliphatic rings. The highest BCUT2D eigenvalue weighted by molar-refractivity contribution is 5.87. The Labute approximate surface area is 223 Å². The first-order valence-electron chi connectivity index (χ1n) is 12.1. The summed E-state index contributed by atoms with van der Waals surface area (Å²) in [6, 6.07) is -5.78. The predicted octanol–water partition coefficient (Wildman–Crippen LogP) is -1.78. The van der Waals surface area contributed by atoms with Crippen molar-refractivity contribution in [2.45, 2.75) is 76.4 Å². The minimum atomic E-state index is -1.64. The second-order valence-corrected chi connectivity index (χ2v) is 8.27. The van der Waals surface area contributed by atoms with Crippen molar-refractivity contribution in [2.75, 3.05) is 13.1 Å². The molecule has 3 atom stereocenters. The summed E-state index contributed by atoms with van der Waals surface area (Å²) in [5, 5.41) is 47.5. The molecule has 0 saturated carbocycles. The van der Waals surface area contributed by atoms with E-state index in [-0.39, 0.29) is 38.1 Å². The van der Waals surface area contributed by atoms with Crippen LogP contribution < -0.4 is 26.6 Å². The lowest BCUT2D eigenvalue weighted by Crippen LogP contribution is -2.51. The van der Waals surface area contributed by atoms with Gasteiger partial charge < -0.3 is 47.0 Å². The average Bonchev–Trinajstić information content (AvgIpc) is 2.84. The Morgan fingerprint density at radius 3 is 1.49 bits per heavy atom. The first kappa shape index (κ1) is 34.6. The van der Waals surface area contributed by atoms with E-state index in [1.807, 2.05) is 10.6 Å². The molecule has 0 heterocycles. The molecule has 0 aliphatic heterocycles. The fourth-order valence-corrected chi connectivity index (χ4v) is 3.08. The number of hydrogen-bond donors (Lipinski definition) is 9. The van der Waals surface area contributed by atoms with Gasteiger partial charge in [-0.3, -0.25) is 19.2 Å². The molecule has 220 valence electrons. The van der Waals surface area contributed by atoms with Crippen LogP contribution in [0, 0.1) is 0 Å². The standard InChI is InChI=1S/C22H35N5O12/c1-2-23-15(28)8-9-16(29)24-11-3-4-12(19(33)34)25-17(30)7-5-13(20(35)36)26-22(39)27-14(21(37)38)6-10-18(31)32/h12-14H,2-11H2,1H3,(H,23,28)(H,24,29)(H,25,30)(H,31,32)(H,33,34)(H,35,36)(H,37,38)(H2,26,27,39)/t12?,13-,14-/m0/s1. The van der Waals surface area contributed by atoms with E-state index < -0.39 is 85.5 Å². The maximum Gasteiger partial charge on any atom is 0.326 e. The van der Waals surface area contributed by atoms with Gasteiger partial charge in [0.2, 0.25) is 17.7 Å². The second kappa shape index (κ2) is 18.8. The molecule has 17 heteroatoms. The van der Waals surface area contributed by atoms with Gasteiger partial charge >= 0.3 is 29.9 Å². The number of carboxylic acid groups (broad SMARTS) is 4. The molecule has 0 fully saturated rings. The molecule has 0 aromatic heterocycles. The quantitative estimate of drug-likeness (QED) is 0.0746. The summed E-state index contributed by atoms with van der Waals surface area (Å²) >= 11 is 0. The number of hydrogen-bond acceptors (Lipinski definition) is 8. The molecular formula is C22H35N5O12. The Hall–Kier alpha value is -4.44. The highest BCUT2D eigenvalue weighted by Crippen LogP contribution is 2.04. The number of nitrogens with one attached hydrogen (secondary N) is 5. The number of carboxylic acids is 4. The van der Waals surface area contributed by atoms with Gasteiger partial charge in [0.05, 0.1) is 0 Å². The number of aliphatic carboxylic acids is 4. The predicted molar refractivity (Wildman–Crippen MR) is 130 cm³/mol. The summed E-state index contributed by atoms with van der Waals surface area (Å²) in [5.41, 5.74) is 0. The van der Waals surface area contributed by atoms with Gasteiger partial charge in [-0.2, -0.15) is 0 Å². The summed E-state index contributed by atoms with van der Waals surface area (Å²) in [4.78, 5) is 91.9. The third-order valence-corrected chi connectivity index (χ3v) is 5.09. The van der Waals surface area contributed by atoms with Crippen molar-refractivity contribution in [3.05, 3.63) is 0 Å². The lowest BCUT2D eigenvalue weighted by Gasteiger charge is -2.19. The van der Waals surface area contributed by atoms with Crippen molar-refractivity contribution in [1.29, 1.82) is 0 Å². The van der Waals surface area contributed by atoms with Gasteiger partial charge in [0.25, 0.3) is 0 Å². The monoisotopic (exact) mass is 561 g/mol. The molecule has 0 saturated heterocycles. The molecule has 0 aliphatic carbocycles. The summed E-state index contributed by atoms with van der Waals surface area (Å²) in [7, 11) is 0. The zero-order valence-corrected chi connectivity index (χ0v) is 21.4. The van der Waals surface area contributed by atoms with Crippen molar-refractivity contribution in [3.8, 4) is 0 Å². The third-order valence-electron chi connectivity index (χ3n) is 5.09. The van der Waals surface area contributed by atoms with Gasteiger partial charge in [-0.15, -0.1) is 0 Å². The molecule has 0 spiro atoms. The molecule has 1 unspecified atom stereocenters. The van der Waals surface area contributed by atoms with Gasteiger partial charge in [-0.25, -0.2) is 19.2 Å². The third kappa shape index (κ3) is 16.8. The summed E-state index contributed by atoms with van der Waals surface area (Å²) < 4.78 is 0. The lowest BCUT2D eigenvalue weighted by atomic mass is 10.1. The topological polar surface area (TPSA) is 278 Å². The van der Waals surface area contributed by atoms with Gasteiger partial charge in [0.15, 0.2) is 0 Å². The van der Waals surface area contributed by atoms with Crippen molar-refractivity contribution in [1.82, 2.24) is 26.6 Å². The van der Waals surface area contributed by atoms with Gasteiger partial charge in [-0.05, 0) is 32.6 Å². The Bertz CT molecular complexity index is 910. The van der Waals surface area contributed by atoms with E-state index in [1.54, 1.807) is 6.92 Å². The molecular weight excluding hydrogens is 526 g/mol. The van der Waals surface area contributed by atoms with Crippen molar-refractivity contribution < 1.29 is 58.8 Å². The van der Waals surface area contributed by atoms with Gasteiger partial charge in [0.1, 0.15) is 18.1 Å². The SMILES string of the molecule is CCNC(=O)CCC(=O)NCCCC(NC(=O)CC[C@H](NC(=O)N[C@@H](CCC(=O)O)C(=O)O)C(=O)O)C(=O)O. The Balaban J connectivity index is 4.64. The van der Waals surface area contributed by atoms with Crippen LogP contribution in [0.2, 0.25) is 0 Å². The van der Waals surface area contributed by atoms with Crippen LogP contribution in [0.15, 0.2) is 0 Å². The van der Waals surface area contributed by atoms with E-state index in [9.17, 15) is 48.6 Å². The molecule has 0 aromatic rings. The molecule has 0 aromatic carbocycles. The number of urea groups is 1. The van der Waals surface area contributed by atoms with Crippen LogP contribution in [0.3, 0.4) is 0 Å². The highest BCUT2D eigenvalue weighted by Gasteiger charge is 2.26. The fraction of sp³-hybridized carbons (Fsp3) is 0.636. The van der Waals surface area contributed by atoms with E-state index in [0.29, 0.717) is 6.54 Å². The molecule has 0 rings (SSSR count). The average molecular weight is 562 g/mol. The van der Waals surface area contributed by atoms with Crippen LogP contribution in [0.25, 0.3) is 0 Å². The summed E-state index contributed by atoms with van der Waals surface area (Å²) in [6.45, 7) is 2.27. The largest absolute Gasteiger partial charge is 0.481 e. The Morgan fingerprint density at radius 1 is 0.564 bits per heavy atom. The molecule has 17 nitrogen and oxygen atoms in total. The first-order valence-corrected chi connectivity index (χ1v) is 12.1. The normalized spacial score (nSPS) is 12.6. The van der Waals surface area contributed by atoms with Gasteiger partial charge in [-0.1, -0.05) is 0 Å². The highest BCUT2D eigenvalue weighted by atomic mass is 16.4. The van der Waals surface area contributed by atoms with Crippen LogP contribution in [-0.4, -0.2) is 99.3 Å². The maximum atomic E-state index is 12.2. The zero-order chi connectivity index (χ0) is 30.0. The Morgan fingerprint density at radius 2 is 1.03 bits per heavy atom. The van der Waals surface area contributed by atoms with E-state index in [4.69, 9.17) is 10.2 Å². The van der Waals surface area contributed by atoms with E-state index in [2.05, 4.69) is 16.0 Å². The lowest BCUT2D eigenvalue weighted by molar-refractivity contribution is -0.142. The number of carbonyl (C=O) groups is 8. The number of amides is 5. The van der Waals surface area contributed by atoms with Crippen LogP contribution in [0.5, 0.6) is 0 Å². The summed E-state index contributed by atoms with van der Waals surface area (Å²) in [6.07, 6.45) is -1.89. The maximum absolute atomic E-state index is 12.2. The zero-order valence-electron chi connectivity index (χ0n) is 21.4. The molecule has 0 bridgehead atoms. The number of rotatable bonds is 20. The van der Waals surface area contributed by atoms with E-state index in [1.165, 1.54) is 0 Å². The van der Waals surface area contributed by atoms with Crippen molar-refractivity contribution in [2.24, 2.45) is 0 Å². The summed E-state index contributed by atoms with van der Waals surface area (Å²) in [5.74, 6) is -7.24. The minimum Gasteiger partial charge on any atom is -0.481 e. The second-order valence-electron chi connectivity index (χ2n) is 8.27. The smallest absolute Gasteiger partial charge is 0.326 e. The van der Waals surface area contributed by atoms with E-state index >= 15 is 0 Å². The fourth-order valence-electron chi connectivity index (χ4n) is 3.08. The van der Waals surface area contributed by atoms with Crippen LogP contribution in [-0.2, 0) is 33.6 Å². The van der Waals surface area contributed by atoms with Crippen LogP contribution >= 0.6 is 0 Å². The van der Waals surface area contributed by atoms with E-state index in [0.717, 1.165) is 0 Å². The first-order chi connectivity index (χ1) is 18.3. The molecule has 9 N–H and O–H groups in total.